The van der Waals surface area contributed by atoms with Gasteiger partial charge in [0.15, 0.2) is 23.2 Å². The molecule has 3 rings (SSSR count). The van der Waals surface area contributed by atoms with Gasteiger partial charge in [-0.2, -0.15) is 0 Å². The summed E-state index contributed by atoms with van der Waals surface area (Å²) in [6.45, 7) is 6.89. The van der Waals surface area contributed by atoms with Gasteiger partial charge in [-0.25, -0.2) is 15.0 Å². The summed E-state index contributed by atoms with van der Waals surface area (Å²) in [5, 5.41) is 29.5. The number of ether oxygens (including phenoxy) is 1. The van der Waals surface area contributed by atoms with Gasteiger partial charge in [0.2, 0.25) is 0 Å². The average molecular weight is 349 g/mol. The summed E-state index contributed by atoms with van der Waals surface area (Å²) in [5.74, 6) is 0.678. The maximum absolute atomic E-state index is 10.2. The van der Waals surface area contributed by atoms with Crippen LogP contribution in [0.3, 0.4) is 0 Å². The van der Waals surface area contributed by atoms with E-state index in [-0.39, 0.29) is 6.61 Å². The summed E-state index contributed by atoms with van der Waals surface area (Å²) in [6.07, 6.45) is 1.58. The molecule has 0 bridgehead atoms. The summed E-state index contributed by atoms with van der Waals surface area (Å²) in [4.78, 5) is 15.0. The van der Waals surface area contributed by atoms with Crippen molar-refractivity contribution in [3.05, 3.63) is 25.3 Å². The first-order valence-corrected chi connectivity index (χ1v) is 8.28. The average Bonchev–Trinajstić information content (AvgIpc) is 3.16. The molecular formula is C16H23N5O4. The van der Waals surface area contributed by atoms with Crippen molar-refractivity contribution >= 4 is 17.0 Å². The van der Waals surface area contributed by atoms with Crippen LogP contribution in [0.15, 0.2) is 25.3 Å². The molecule has 136 valence electrons. The third-order valence-corrected chi connectivity index (χ3v) is 4.27. The molecule has 0 aliphatic carbocycles. The van der Waals surface area contributed by atoms with E-state index < -0.39 is 24.5 Å². The molecule has 3 heterocycles. The second-order valence-corrected chi connectivity index (χ2v) is 5.98. The van der Waals surface area contributed by atoms with Gasteiger partial charge in [-0.05, 0) is 6.42 Å². The number of hydrogen-bond donors (Lipinski definition) is 3. The highest BCUT2D eigenvalue weighted by Gasteiger charge is 2.44. The minimum Gasteiger partial charge on any atom is -0.394 e. The Bertz CT molecular complexity index is 736. The van der Waals surface area contributed by atoms with Crippen molar-refractivity contribution in [1.29, 1.82) is 0 Å². The molecule has 1 fully saturated rings. The molecule has 1 aliphatic heterocycles. The SMILES string of the molecule is C=CCN(CCC)c1ncnc2c1ncn2[C@@H]1O[C@H](CO)[C@@H](O)[C@H]1O. The number of nitrogens with zero attached hydrogens (tertiary/aromatic N) is 5. The Labute approximate surface area is 145 Å². The molecule has 0 aromatic carbocycles. The third-order valence-electron chi connectivity index (χ3n) is 4.27. The Hall–Kier alpha value is -2.07. The van der Waals surface area contributed by atoms with E-state index >= 15 is 0 Å². The smallest absolute Gasteiger partial charge is 0.167 e. The van der Waals surface area contributed by atoms with Gasteiger partial charge in [-0.1, -0.05) is 13.0 Å². The largest absolute Gasteiger partial charge is 0.394 e. The van der Waals surface area contributed by atoms with Gasteiger partial charge in [0.25, 0.3) is 0 Å². The number of rotatable bonds is 7. The number of hydrogen-bond acceptors (Lipinski definition) is 8. The van der Waals surface area contributed by atoms with E-state index in [4.69, 9.17) is 4.74 Å². The van der Waals surface area contributed by atoms with Crippen molar-refractivity contribution in [3.63, 3.8) is 0 Å². The lowest BCUT2D eigenvalue weighted by Gasteiger charge is -2.21. The second kappa shape index (κ2) is 7.44. The highest BCUT2D eigenvalue weighted by atomic mass is 16.6. The normalized spacial score (nSPS) is 26.2. The molecule has 9 nitrogen and oxygen atoms in total. The molecular weight excluding hydrogens is 326 g/mol. The number of anilines is 1. The lowest BCUT2D eigenvalue weighted by Crippen LogP contribution is -2.33. The van der Waals surface area contributed by atoms with Gasteiger partial charge in [0, 0.05) is 13.1 Å². The van der Waals surface area contributed by atoms with Gasteiger partial charge in [-0.3, -0.25) is 4.57 Å². The van der Waals surface area contributed by atoms with Crippen LogP contribution in [0.1, 0.15) is 19.6 Å². The van der Waals surface area contributed by atoms with Gasteiger partial charge in [0.1, 0.15) is 24.6 Å². The number of aromatic nitrogens is 4. The minimum absolute atomic E-state index is 0.384. The number of fused-ring (bicyclic) bond motifs is 1. The lowest BCUT2D eigenvalue weighted by molar-refractivity contribution is -0.0511. The van der Waals surface area contributed by atoms with E-state index in [0.29, 0.717) is 23.5 Å². The molecule has 9 heteroatoms. The predicted octanol–water partition coefficient (Wildman–Crippen LogP) is -0.160. The van der Waals surface area contributed by atoms with Crippen LogP contribution in [0.25, 0.3) is 11.2 Å². The van der Waals surface area contributed by atoms with Crippen molar-refractivity contribution < 1.29 is 20.1 Å². The first-order valence-electron chi connectivity index (χ1n) is 8.28. The van der Waals surface area contributed by atoms with Crippen LogP contribution in [0.5, 0.6) is 0 Å². The van der Waals surface area contributed by atoms with Crippen molar-refractivity contribution in [2.75, 3.05) is 24.6 Å². The number of imidazole rings is 1. The second-order valence-electron chi connectivity index (χ2n) is 5.98. The lowest BCUT2D eigenvalue weighted by atomic mass is 10.1. The van der Waals surface area contributed by atoms with E-state index in [1.807, 2.05) is 4.90 Å². The molecule has 4 atom stereocenters. The fourth-order valence-electron chi connectivity index (χ4n) is 3.08. The molecule has 0 unspecified atom stereocenters. The summed E-state index contributed by atoms with van der Waals surface area (Å²) in [5.41, 5.74) is 1.07. The Balaban J connectivity index is 2.00. The van der Waals surface area contributed by atoms with Gasteiger partial charge < -0.3 is 25.0 Å². The Morgan fingerprint density at radius 3 is 2.76 bits per heavy atom. The van der Waals surface area contributed by atoms with E-state index in [9.17, 15) is 15.3 Å². The van der Waals surface area contributed by atoms with E-state index in [1.54, 1.807) is 10.6 Å². The minimum atomic E-state index is -1.19. The van der Waals surface area contributed by atoms with Crippen LogP contribution in [-0.4, -0.2) is 72.8 Å². The Kier molecular flexibility index (Phi) is 5.28. The highest BCUT2D eigenvalue weighted by molar-refractivity contribution is 5.83. The maximum Gasteiger partial charge on any atom is 0.167 e. The molecule has 0 saturated carbocycles. The number of aliphatic hydroxyl groups excluding tert-OH is 3. The van der Waals surface area contributed by atoms with Crippen molar-refractivity contribution in [2.45, 2.75) is 37.9 Å². The quantitative estimate of drug-likeness (QED) is 0.591. The van der Waals surface area contributed by atoms with Crippen molar-refractivity contribution in [3.8, 4) is 0 Å². The zero-order valence-corrected chi connectivity index (χ0v) is 14.1. The van der Waals surface area contributed by atoms with Gasteiger partial charge in [-0.15, -0.1) is 6.58 Å². The summed E-state index contributed by atoms with van der Waals surface area (Å²) >= 11 is 0. The molecule has 1 aliphatic rings. The summed E-state index contributed by atoms with van der Waals surface area (Å²) in [7, 11) is 0. The first kappa shape index (κ1) is 17.7. The van der Waals surface area contributed by atoms with Crippen molar-refractivity contribution in [1.82, 2.24) is 19.5 Å². The molecule has 0 amide bonds. The molecule has 25 heavy (non-hydrogen) atoms. The van der Waals surface area contributed by atoms with E-state index in [2.05, 4.69) is 28.5 Å². The molecule has 2 aromatic rings. The van der Waals surface area contributed by atoms with Crippen LogP contribution in [0.2, 0.25) is 0 Å². The van der Waals surface area contributed by atoms with Gasteiger partial charge >= 0.3 is 0 Å². The van der Waals surface area contributed by atoms with Crippen LogP contribution in [0.4, 0.5) is 5.82 Å². The Morgan fingerprint density at radius 1 is 1.32 bits per heavy atom. The summed E-state index contributed by atoms with van der Waals surface area (Å²) < 4.78 is 7.12. The first-order chi connectivity index (χ1) is 12.1. The maximum atomic E-state index is 10.2. The van der Waals surface area contributed by atoms with Crippen LogP contribution < -0.4 is 4.90 Å². The van der Waals surface area contributed by atoms with E-state index in [1.165, 1.54) is 12.7 Å². The molecule has 1 saturated heterocycles. The third kappa shape index (κ3) is 3.11. The molecule has 0 spiro atoms. The predicted molar refractivity (Wildman–Crippen MR) is 91.0 cm³/mol. The van der Waals surface area contributed by atoms with Gasteiger partial charge in [0.05, 0.1) is 12.9 Å². The zero-order chi connectivity index (χ0) is 18.0. The van der Waals surface area contributed by atoms with Crippen molar-refractivity contribution in [2.24, 2.45) is 0 Å². The summed E-state index contributed by atoms with van der Waals surface area (Å²) in [6, 6.07) is 0. The highest BCUT2D eigenvalue weighted by Crippen LogP contribution is 2.32. The van der Waals surface area contributed by atoms with Crippen LogP contribution in [0, 0.1) is 0 Å². The Morgan fingerprint density at radius 2 is 2.12 bits per heavy atom. The molecule has 0 radical (unpaired) electrons. The standard InChI is InChI=1S/C16H23N5O4/c1-3-5-20(6-4-2)14-11-15(18-8-17-14)21(9-19-11)16-13(24)12(23)10(7-22)25-16/h3,8-10,12-13,16,22-24H,1,4-7H2,2H3/t10-,12-,13-,16-/m1/s1. The monoisotopic (exact) mass is 349 g/mol. The molecule has 2 aromatic heterocycles. The van der Waals surface area contributed by atoms with Crippen LogP contribution in [-0.2, 0) is 4.74 Å². The fourth-order valence-corrected chi connectivity index (χ4v) is 3.08. The zero-order valence-electron chi connectivity index (χ0n) is 14.1. The van der Waals surface area contributed by atoms with Crippen LogP contribution >= 0.6 is 0 Å². The topological polar surface area (TPSA) is 117 Å². The fraction of sp³-hybridized carbons (Fsp3) is 0.562. The van der Waals surface area contributed by atoms with E-state index in [0.717, 1.165) is 13.0 Å². The number of aliphatic hydroxyl groups is 3. The molecule has 3 N–H and O–H groups in total.